The van der Waals surface area contributed by atoms with Crippen LogP contribution < -0.4 is 11.1 Å². The highest BCUT2D eigenvalue weighted by Crippen LogP contribution is 2.36. The molecule has 76 heavy (non-hydrogen) atoms. The minimum absolute atomic E-state index is 0.0676. The smallest absolute Gasteiger partial charge is 0.334 e. The van der Waals surface area contributed by atoms with Crippen LogP contribution in [-0.4, -0.2) is 173 Å². The molecule has 18 atom stereocenters. The van der Waals surface area contributed by atoms with Crippen molar-refractivity contribution in [3.63, 3.8) is 0 Å². The van der Waals surface area contributed by atoms with E-state index in [9.17, 15) is 70.6 Å². The van der Waals surface area contributed by atoms with Crippen LogP contribution in [-0.2, 0) is 28.6 Å². The molecule has 0 amide bonds. The van der Waals surface area contributed by atoms with Gasteiger partial charge in [0.15, 0.2) is 11.7 Å². The summed E-state index contributed by atoms with van der Waals surface area (Å²) in [7, 11) is 1.62. The van der Waals surface area contributed by atoms with Crippen LogP contribution >= 0.6 is 0 Å². The Kier molecular flexibility index (Phi) is 31.1. The van der Waals surface area contributed by atoms with Gasteiger partial charge < -0.3 is 81.4 Å². The molecule has 20 nitrogen and oxygen atoms in total. The van der Waals surface area contributed by atoms with Crippen LogP contribution in [0.2, 0.25) is 0 Å². The number of allylic oxidation sites excluding steroid dienone is 6. The topological polar surface area (TPSA) is 352 Å². The molecule has 0 spiro atoms. The first-order valence-electron chi connectivity index (χ1n) is 27.1. The number of ether oxygens (including phenoxy) is 3. The summed E-state index contributed by atoms with van der Waals surface area (Å²) in [5, 5.41) is 123. The molecule has 0 aliphatic carbocycles. The predicted octanol–water partition coefficient (Wildman–Crippen LogP) is 3.37. The Balaban J connectivity index is 2.45. The van der Waals surface area contributed by atoms with Crippen LogP contribution in [0.25, 0.3) is 0 Å². The number of nitrogens with two attached hydrogens (primary N) is 1. The number of aliphatic imine (C=N–C) groups is 1. The molecule has 0 unspecified atom stereocenters. The van der Waals surface area contributed by atoms with Crippen molar-refractivity contribution in [2.45, 2.75) is 224 Å². The van der Waals surface area contributed by atoms with Crippen molar-refractivity contribution >= 4 is 23.9 Å². The number of esters is 2. The van der Waals surface area contributed by atoms with E-state index in [1.165, 1.54) is 0 Å². The van der Waals surface area contributed by atoms with Crippen molar-refractivity contribution in [3.05, 3.63) is 59.8 Å². The molecule has 2 bridgehead atoms. The maximum absolute atomic E-state index is 13.6. The number of nitrogens with zero attached hydrogens (tertiary/aromatic N) is 1. The van der Waals surface area contributed by atoms with Crippen molar-refractivity contribution in [3.8, 4) is 0 Å². The van der Waals surface area contributed by atoms with Crippen LogP contribution in [0.15, 0.2) is 64.7 Å². The molecule has 1 saturated heterocycles. The molecule has 0 aromatic rings. The van der Waals surface area contributed by atoms with Crippen molar-refractivity contribution in [1.29, 1.82) is 0 Å². The second kappa shape index (κ2) is 34.7. The number of rotatable bonds is 12. The number of carboxylic acids is 1. The molecular weight excluding hydrogens is 987 g/mol. The zero-order chi connectivity index (χ0) is 57.3. The summed E-state index contributed by atoms with van der Waals surface area (Å²) < 4.78 is 17.4. The number of unbranched alkanes of at least 4 members (excludes halogenated alkanes) is 2. The van der Waals surface area contributed by atoms with Crippen molar-refractivity contribution < 1.29 is 84.8 Å². The Morgan fingerprint density at radius 1 is 0.816 bits per heavy atom. The van der Waals surface area contributed by atoms with Gasteiger partial charge >= 0.3 is 17.9 Å². The van der Waals surface area contributed by atoms with Gasteiger partial charge in [0.1, 0.15) is 24.7 Å². The van der Waals surface area contributed by atoms with E-state index >= 15 is 0 Å². The van der Waals surface area contributed by atoms with E-state index in [4.69, 9.17) is 19.9 Å². The van der Waals surface area contributed by atoms with Crippen molar-refractivity contribution in [2.24, 2.45) is 40.3 Å². The summed E-state index contributed by atoms with van der Waals surface area (Å²) in [5.74, 6) is -7.34. The van der Waals surface area contributed by atoms with E-state index in [1.807, 2.05) is 19.9 Å². The summed E-state index contributed by atoms with van der Waals surface area (Å²) in [6.07, 6.45) is 1.11. The van der Waals surface area contributed by atoms with Gasteiger partial charge in [0, 0.05) is 75.4 Å². The average Bonchev–Trinajstić information content (AvgIpc) is 3.34. The first-order valence-corrected chi connectivity index (χ1v) is 27.1. The highest BCUT2D eigenvalue weighted by Gasteiger charge is 2.50. The van der Waals surface area contributed by atoms with E-state index in [0.717, 1.165) is 32.1 Å². The highest BCUT2D eigenvalue weighted by molar-refractivity contribution is 5.90. The lowest BCUT2D eigenvalue weighted by Crippen LogP contribution is -2.59. The first-order chi connectivity index (χ1) is 35.7. The molecule has 0 saturated carbocycles. The minimum Gasteiger partial charge on any atom is -0.481 e. The molecule has 436 valence electrons. The molecule has 2 rings (SSSR count). The van der Waals surface area contributed by atoms with Crippen molar-refractivity contribution in [1.82, 2.24) is 5.32 Å². The molecule has 2 aliphatic heterocycles. The fourth-order valence-corrected chi connectivity index (χ4v) is 9.44. The quantitative estimate of drug-likeness (QED) is 0.0333. The summed E-state index contributed by atoms with van der Waals surface area (Å²) in [5.41, 5.74) is 6.46. The Morgan fingerprint density at radius 2 is 1.43 bits per heavy atom. The van der Waals surface area contributed by atoms with Gasteiger partial charge in [-0.1, -0.05) is 83.2 Å². The molecule has 2 aliphatic rings. The van der Waals surface area contributed by atoms with Gasteiger partial charge in [-0.05, 0) is 82.6 Å². The fourth-order valence-electron chi connectivity index (χ4n) is 9.44. The monoisotopic (exact) mass is 1080 g/mol. The van der Waals surface area contributed by atoms with Crippen LogP contribution in [0, 0.1) is 29.6 Å². The van der Waals surface area contributed by atoms with Crippen LogP contribution in [0.3, 0.4) is 0 Å². The Hall–Kier alpha value is -4.06. The molecule has 0 aromatic carbocycles. The predicted molar refractivity (Wildman–Crippen MR) is 287 cm³/mol. The minimum atomic E-state index is -2.48. The van der Waals surface area contributed by atoms with Crippen molar-refractivity contribution in [2.75, 3.05) is 13.6 Å². The van der Waals surface area contributed by atoms with E-state index in [2.05, 4.69) is 22.5 Å². The highest BCUT2D eigenvalue weighted by atomic mass is 16.7. The standard InChI is InChI=1S/C56H95N3O17/c1-33-18-15-20-37(5)52(36(4)17-13-11-9-10-12-14-24-59-55(57)58-8)75-54(72)38(6)21-16-19-34(2)46(64)30-47(65)39(7)44(62)23-22-35(3)49(67)32-56(73)53(71)48(66)29-43(76-56)27-40(60)25-42(26-41(61)28-45(33)63)74-51(70)31-50(68)69/h9-10,15-16,18-21,34-37,39-49,52-53,60-67,71,73H,11-14,17,22-32H2,1-8H3,(H,68,69)(H3,57,58,59)/b10-9+,19-16+,20-15+,33-18+,38-21-/t34-,35+,36-,37+,39+,40+,41+,42-,43+,44-,45-,46+,47-,48+,49+,52+,53-,56+/m0/s1. The normalized spacial score (nSPS) is 38.0. The number of guanidine groups is 1. The molecular formula is C56H95N3O17. The zero-order valence-corrected chi connectivity index (χ0v) is 46.1. The molecule has 0 radical (unpaired) electrons. The van der Waals surface area contributed by atoms with E-state index < -0.39 is 128 Å². The SMILES string of the molecule is CN=C(N)NCCC/C=C/CCC[C@H](C)[C@H]1OC(=O)/C(C)=C\C=C\[C@H](C)[C@H](O)C[C@H](O)[C@H](C)[C@@H](O)CC[C@@H](C)[C@H](O)C[C@@]2(O)O[C@H](C[C@H](O)C[C@H](OC(=O)CC(=O)O)C[C@@H](O)C[C@H](O)/C(C)=C/C=C/[C@H]1C)C[C@@H](O)[C@@H]2O. The second-order valence-corrected chi connectivity index (χ2v) is 21.6. The number of aliphatic hydroxyl groups is 10. The Bertz CT molecular complexity index is 1930. The van der Waals surface area contributed by atoms with Gasteiger partial charge in [-0.3, -0.25) is 14.6 Å². The molecule has 20 heteroatoms. The van der Waals surface area contributed by atoms with Crippen LogP contribution in [0.1, 0.15) is 145 Å². The van der Waals surface area contributed by atoms with E-state index in [-0.39, 0.29) is 63.2 Å². The first kappa shape index (κ1) is 68.0. The number of carbonyl (C=O) groups is 3. The van der Waals surface area contributed by atoms with Gasteiger partial charge in [0.25, 0.3) is 0 Å². The molecule has 2 heterocycles. The lowest BCUT2D eigenvalue weighted by atomic mass is 9.84. The number of hydrogen-bond donors (Lipinski definition) is 13. The maximum Gasteiger partial charge on any atom is 0.334 e. The summed E-state index contributed by atoms with van der Waals surface area (Å²) in [6, 6.07) is 0. The van der Waals surface area contributed by atoms with Gasteiger partial charge in [-0.2, -0.15) is 0 Å². The van der Waals surface area contributed by atoms with Gasteiger partial charge in [-0.25, -0.2) is 4.79 Å². The van der Waals surface area contributed by atoms with E-state index in [0.29, 0.717) is 23.7 Å². The third-order valence-electron chi connectivity index (χ3n) is 14.8. The number of cyclic esters (lactones) is 1. The summed E-state index contributed by atoms with van der Waals surface area (Å²) in [4.78, 5) is 41.4. The number of aliphatic carboxylic acids is 1. The van der Waals surface area contributed by atoms with Gasteiger partial charge in [0.05, 0.1) is 54.9 Å². The van der Waals surface area contributed by atoms with E-state index in [1.54, 1.807) is 72.0 Å². The molecule has 14 N–H and O–H groups in total. The van der Waals surface area contributed by atoms with Crippen LogP contribution in [0.5, 0.6) is 0 Å². The molecule has 1 fully saturated rings. The number of carboxylic acid groups (broad SMARTS) is 1. The maximum atomic E-state index is 13.6. The fraction of sp³-hybridized carbons (Fsp3) is 0.750. The second-order valence-electron chi connectivity index (χ2n) is 21.6. The molecule has 0 aromatic heterocycles. The lowest BCUT2D eigenvalue weighted by molar-refractivity contribution is -0.333. The number of hydrogen-bond acceptors (Lipinski definition) is 17. The number of fused-ring (bicyclic) bond motifs is 2. The lowest BCUT2D eigenvalue weighted by Gasteiger charge is -2.45. The number of carbonyl (C=O) groups excluding carboxylic acids is 2. The third kappa shape index (κ3) is 25.2. The van der Waals surface area contributed by atoms with Gasteiger partial charge in [0.2, 0.25) is 0 Å². The number of nitrogens with one attached hydrogen (secondary N) is 1. The number of aliphatic hydroxyl groups excluding tert-OH is 9. The third-order valence-corrected chi connectivity index (χ3v) is 14.8. The average molecular weight is 1080 g/mol. The Labute approximate surface area is 450 Å². The zero-order valence-electron chi connectivity index (χ0n) is 46.1. The van der Waals surface area contributed by atoms with Crippen LogP contribution in [0.4, 0.5) is 0 Å². The summed E-state index contributed by atoms with van der Waals surface area (Å²) >= 11 is 0. The summed E-state index contributed by atoms with van der Waals surface area (Å²) in [6.45, 7) is 13.0. The van der Waals surface area contributed by atoms with Gasteiger partial charge in [-0.15, -0.1) is 0 Å². The Morgan fingerprint density at radius 3 is 2.08 bits per heavy atom. The largest absolute Gasteiger partial charge is 0.481 e.